The average Bonchev–Trinajstić information content (AvgIpc) is 2.99. The maximum absolute atomic E-state index is 15.5. The fourth-order valence-electron chi connectivity index (χ4n) is 6.76. The smallest absolute Gasteiger partial charge is 0.416 e. The summed E-state index contributed by atoms with van der Waals surface area (Å²) in [7, 11) is -6.92. The molecule has 1 aliphatic carbocycles. The molecule has 0 amide bonds. The molecule has 13 heteroatoms. The van der Waals surface area contributed by atoms with Crippen LogP contribution in [0, 0.1) is 17.6 Å². The summed E-state index contributed by atoms with van der Waals surface area (Å²) >= 11 is 0. The van der Waals surface area contributed by atoms with Crippen molar-refractivity contribution in [1.82, 2.24) is 4.31 Å². The molecule has 4 atom stereocenters. The minimum absolute atomic E-state index is 0.00625. The molecule has 1 heterocycles. The van der Waals surface area contributed by atoms with Gasteiger partial charge in [-0.05, 0) is 98.2 Å². The number of rotatable bonds is 7. The highest BCUT2D eigenvalue weighted by molar-refractivity contribution is 7.92. The van der Waals surface area contributed by atoms with Gasteiger partial charge in [0.15, 0.2) is 9.84 Å². The lowest BCUT2D eigenvalue weighted by Crippen LogP contribution is -2.58. The number of nitrogens with zero attached hydrogens (tertiary/aromatic N) is 1. The highest BCUT2D eigenvalue weighted by atomic mass is 32.2. The van der Waals surface area contributed by atoms with Gasteiger partial charge >= 0.3 is 6.18 Å². The summed E-state index contributed by atoms with van der Waals surface area (Å²) in [5, 5.41) is -0.844. The zero-order valence-electron chi connectivity index (χ0n) is 24.0. The van der Waals surface area contributed by atoms with Crippen LogP contribution >= 0.6 is 0 Å². The van der Waals surface area contributed by atoms with Gasteiger partial charge in [-0.1, -0.05) is 19.1 Å². The van der Waals surface area contributed by atoms with E-state index in [-0.39, 0.29) is 38.6 Å². The van der Waals surface area contributed by atoms with Gasteiger partial charge in [-0.2, -0.15) is 17.5 Å². The Morgan fingerprint density at radius 2 is 1.66 bits per heavy atom. The molecule has 1 aliphatic heterocycles. The monoisotopic (exact) mass is 657 g/mol. The van der Waals surface area contributed by atoms with Gasteiger partial charge < -0.3 is 4.74 Å². The van der Waals surface area contributed by atoms with Crippen molar-refractivity contribution < 1.29 is 43.5 Å². The van der Waals surface area contributed by atoms with E-state index in [0.717, 1.165) is 30.3 Å². The first-order chi connectivity index (χ1) is 20.6. The number of fused-ring (bicyclic) bond motifs is 1. The van der Waals surface area contributed by atoms with Crippen LogP contribution in [0.3, 0.4) is 0 Å². The number of halogens is 5. The van der Waals surface area contributed by atoms with Crippen molar-refractivity contribution in [3.63, 3.8) is 0 Å². The van der Waals surface area contributed by atoms with E-state index >= 15 is 4.39 Å². The fourth-order valence-corrected chi connectivity index (χ4v) is 11.3. The Kier molecular flexibility index (Phi) is 8.62. The number of hydrogen-bond acceptors (Lipinski definition) is 5. The Morgan fingerprint density at radius 1 is 1.00 bits per heavy atom. The van der Waals surface area contributed by atoms with Crippen molar-refractivity contribution in [3.8, 4) is 5.75 Å². The van der Waals surface area contributed by atoms with Crippen LogP contribution in [0.5, 0.6) is 5.75 Å². The molecule has 6 nitrogen and oxygen atoms in total. The van der Waals surface area contributed by atoms with E-state index in [1.807, 2.05) is 0 Å². The van der Waals surface area contributed by atoms with Gasteiger partial charge in [-0.25, -0.2) is 25.6 Å². The first-order valence-electron chi connectivity index (χ1n) is 14.1. The molecule has 1 saturated heterocycles. The molecule has 2 aliphatic rings. The summed E-state index contributed by atoms with van der Waals surface area (Å²) < 4.78 is 131. The van der Waals surface area contributed by atoms with E-state index < -0.39 is 75.7 Å². The van der Waals surface area contributed by atoms with Gasteiger partial charge in [-0.3, -0.25) is 0 Å². The molecular formula is C31H32F5NO5S2. The number of alkyl halides is 3. The highest BCUT2D eigenvalue weighted by Gasteiger charge is 2.57. The van der Waals surface area contributed by atoms with E-state index in [0.29, 0.717) is 23.4 Å². The molecule has 2 fully saturated rings. The van der Waals surface area contributed by atoms with E-state index in [2.05, 4.69) is 0 Å². The summed E-state index contributed by atoms with van der Waals surface area (Å²) in [5.74, 6) is -1.81. The molecule has 0 N–H and O–H groups in total. The molecule has 44 heavy (non-hydrogen) atoms. The van der Waals surface area contributed by atoms with Crippen molar-refractivity contribution in [2.24, 2.45) is 5.92 Å². The third-order valence-corrected chi connectivity index (χ3v) is 14.0. The van der Waals surface area contributed by atoms with Crippen LogP contribution < -0.4 is 4.74 Å². The van der Waals surface area contributed by atoms with Crippen LogP contribution in [-0.2, 0) is 37.3 Å². The van der Waals surface area contributed by atoms with Crippen molar-refractivity contribution in [2.45, 2.75) is 72.7 Å². The minimum Gasteiger partial charge on any atom is -0.497 e. The summed E-state index contributed by atoms with van der Waals surface area (Å²) in [6.45, 7) is 1.74. The van der Waals surface area contributed by atoms with Gasteiger partial charge in [0, 0.05) is 18.2 Å². The van der Waals surface area contributed by atoms with Gasteiger partial charge in [0.25, 0.3) is 0 Å². The van der Waals surface area contributed by atoms with Crippen LogP contribution in [0.25, 0.3) is 0 Å². The average molecular weight is 658 g/mol. The second-order valence-electron chi connectivity index (χ2n) is 11.4. The Balaban J connectivity index is 1.60. The van der Waals surface area contributed by atoms with Crippen LogP contribution in [0.15, 0.2) is 71.6 Å². The maximum Gasteiger partial charge on any atom is 0.416 e. The summed E-state index contributed by atoms with van der Waals surface area (Å²) in [5.41, 5.74) is -0.780. The summed E-state index contributed by atoms with van der Waals surface area (Å²) in [6, 6.07) is 11.7. The topological polar surface area (TPSA) is 80.8 Å². The molecule has 0 unspecified atom stereocenters. The van der Waals surface area contributed by atoms with Crippen LogP contribution in [0.4, 0.5) is 22.0 Å². The largest absolute Gasteiger partial charge is 0.497 e. The molecule has 0 aromatic heterocycles. The van der Waals surface area contributed by atoms with Crippen molar-refractivity contribution >= 4 is 19.9 Å². The summed E-state index contributed by atoms with van der Waals surface area (Å²) in [6.07, 6.45) is -4.87. The molecule has 1 saturated carbocycles. The van der Waals surface area contributed by atoms with Gasteiger partial charge in [0.1, 0.15) is 22.1 Å². The SMILES string of the molecule is CC[C@@H]1C[C@H]2C[C@@](c3cc(F)ccc3F)(S(=O)(=O)c3ccc(C(F)(F)F)cc3)CC[C@H]2N(Cc2ccc(OC)cc2)S1(=O)=O. The van der Waals surface area contributed by atoms with Crippen LogP contribution in [-0.4, -0.2) is 39.5 Å². The molecule has 0 bridgehead atoms. The quantitative estimate of drug-likeness (QED) is 0.260. The summed E-state index contributed by atoms with van der Waals surface area (Å²) in [4.78, 5) is -0.460. The maximum atomic E-state index is 15.5. The number of hydrogen-bond donors (Lipinski definition) is 0. The Labute approximate surface area is 253 Å². The first kappa shape index (κ1) is 32.4. The van der Waals surface area contributed by atoms with E-state index in [4.69, 9.17) is 4.74 Å². The molecule has 0 radical (unpaired) electrons. The van der Waals surface area contributed by atoms with Crippen molar-refractivity contribution in [2.75, 3.05) is 7.11 Å². The fraction of sp³-hybridized carbons (Fsp3) is 0.419. The van der Waals surface area contributed by atoms with E-state index in [1.54, 1.807) is 31.2 Å². The molecule has 238 valence electrons. The zero-order valence-corrected chi connectivity index (χ0v) is 25.7. The lowest BCUT2D eigenvalue weighted by molar-refractivity contribution is -0.137. The Hall–Kier alpha value is -3.03. The second kappa shape index (κ2) is 11.7. The van der Waals surface area contributed by atoms with Gasteiger partial charge in [-0.15, -0.1) is 0 Å². The predicted octanol–water partition coefficient (Wildman–Crippen LogP) is 6.84. The first-order valence-corrected chi connectivity index (χ1v) is 17.1. The second-order valence-corrected chi connectivity index (χ2v) is 15.8. The predicted molar refractivity (Wildman–Crippen MR) is 154 cm³/mol. The van der Waals surface area contributed by atoms with Crippen LogP contribution in [0.1, 0.15) is 55.7 Å². The van der Waals surface area contributed by atoms with Crippen molar-refractivity contribution in [1.29, 1.82) is 0 Å². The highest BCUT2D eigenvalue weighted by Crippen LogP contribution is 2.54. The molecule has 3 aromatic rings. The third-order valence-electron chi connectivity index (χ3n) is 9.04. The zero-order chi connectivity index (χ0) is 32.1. The van der Waals surface area contributed by atoms with E-state index in [9.17, 15) is 34.4 Å². The van der Waals surface area contributed by atoms with Crippen LogP contribution in [0.2, 0.25) is 0 Å². The van der Waals surface area contributed by atoms with Crippen molar-refractivity contribution in [3.05, 3.63) is 95.1 Å². The van der Waals surface area contributed by atoms with E-state index in [1.165, 1.54) is 11.4 Å². The minimum atomic E-state index is -4.71. The van der Waals surface area contributed by atoms with Gasteiger partial charge in [0.2, 0.25) is 10.0 Å². The molecule has 0 spiro atoms. The number of ether oxygens (including phenoxy) is 1. The molecule has 5 rings (SSSR count). The Morgan fingerprint density at radius 3 is 2.25 bits per heavy atom. The number of sulfonamides is 1. The Bertz CT molecular complexity index is 1730. The van der Waals surface area contributed by atoms with Gasteiger partial charge in [0.05, 0.1) is 22.8 Å². The normalized spacial score (nSPS) is 25.8. The number of sulfone groups is 1. The third kappa shape index (κ3) is 5.62. The lowest BCUT2D eigenvalue weighted by Gasteiger charge is -2.51. The molecule has 3 aromatic carbocycles. The lowest BCUT2D eigenvalue weighted by atomic mass is 9.72. The molecular weight excluding hydrogens is 625 g/mol. The number of benzene rings is 3. The standard InChI is InChI=1S/C31H32F5NO5S2/c1-3-25-16-21-18-30(27-17-23(32)8-13-28(27)33,43(38,39)26-11-6-22(7-12-26)31(34,35)36)15-14-29(21)37(44(25,40)41)19-20-4-9-24(42-2)10-5-20/h4-13,17,21,25,29H,3,14-16,18-19H2,1-2H3/t21-,25+,29+,30-/m0/s1. The number of methoxy groups -OCH3 is 1.